The molecule has 1 aromatic heterocycles. The van der Waals surface area contributed by atoms with Crippen molar-refractivity contribution in [2.75, 3.05) is 26.2 Å². The first-order valence-electron chi connectivity index (χ1n) is 7.99. The summed E-state index contributed by atoms with van der Waals surface area (Å²) in [7, 11) is 2.04. The van der Waals surface area contributed by atoms with Crippen LogP contribution in [0.15, 0.2) is 0 Å². The number of rotatable bonds is 5. The Hall–Kier alpha value is -0.870. The topological polar surface area (TPSA) is 33.1 Å². The van der Waals surface area contributed by atoms with Crippen molar-refractivity contribution in [3.8, 4) is 0 Å². The molecule has 1 aromatic rings. The number of piperidine rings is 1. The lowest BCUT2D eigenvalue weighted by atomic mass is 9.94. The average Bonchev–Trinajstić information content (AvgIpc) is 2.70. The monoisotopic (exact) mass is 278 g/mol. The SMILES string of the molecule is CCNCC1CCN(C(C)c2c(C)nn(C)c2C)CC1. The van der Waals surface area contributed by atoms with Gasteiger partial charge in [-0.15, -0.1) is 0 Å². The van der Waals surface area contributed by atoms with Crippen molar-refractivity contribution < 1.29 is 0 Å². The predicted molar refractivity (Wildman–Crippen MR) is 83.9 cm³/mol. The molecular formula is C16H30N4. The first-order chi connectivity index (χ1) is 9.54. The molecule has 114 valence electrons. The van der Waals surface area contributed by atoms with Gasteiger partial charge in [-0.25, -0.2) is 0 Å². The highest BCUT2D eigenvalue weighted by Crippen LogP contribution is 2.29. The zero-order valence-corrected chi connectivity index (χ0v) is 13.7. The van der Waals surface area contributed by atoms with Gasteiger partial charge < -0.3 is 5.32 Å². The highest BCUT2D eigenvalue weighted by atomic mass is 15.3. The Bertz CT molecular complexity index is 430. The van der Waals surface area contributed by atoms with E-state index in [4.69, 9.17) is 0 Å². The Morgan fingerprint density at radius 1 is 1.30 bits per heavy atom. The molecule has 1 unspecified atom stereocenters. The van der Waals surface area contributed by atoms with E-state index in [2.05, 4.69) is 43.0 Å². The van der Waals surface area contributed by atoms with Crippen LogP contribution in [0.25, 0.3) is 0 Å². The number of hydrogen-bond donors (Lipinski definition) is 1. The maximum atomic E-state index is 4.56. The summed E-state index contributed by atoms with van der Waals surface area (Å²) in [4.78, 5) is 2.62. The van der Waals surface area contributed by atoms with Gasteiger partial charge in [-0.1, -0.05) is 6.92 Å². The van der Waals surface area contributed by atoms with Crippen molar-refractivity contribution in [2.45, 2.75) is 46.6 Å². The second kappa shape index (κ2) is 6.72. The quantitative estimate of drug-likeness (QED) is 0.898. The molecule has 0 aromatic carbocycles. The molecule has 1 N–H and O–H groups in total. The summed E-state index contributed by atoms with van der Waals surface area (Å²) in [5.41, 5.74) is 3.93. The van der Waals surface area contributed by atoms with E-state index in [0.29, 0.717) is 6.04 Å². The molecule has 2 rings (SSSR count). The fourth-order valence-electron chi connectivity index (χ4n) is 3.47. The molecule has 4 heteroatoms. The predicted octanol–water partition coefficient (Wildman–Crippen LogP) is 2.42. The summed E-state index contributed by atoms with van der Waals surface area (Å²) in [6.07, 6.45) is 2.63. The lowest BCUT2D eigenvalue weighted by molar-refractivity contribution is 0.139. The van der Waals surface area contributed by atoms with Gasteiger partial charge in [0.05, 0.1) is 5.69 Å². The zero-order chi connectivity index (χ0) is 14.7. The van der Waals surface area contributed by atoms with Crippen molar-refractivity contribution in [2.24, 2.45) is 13.0 Å². The van der Waals surface area contributed by atoms with Crippen LogP contribution in [-0.4, -0.2) is 40.9 Å². The third-order valence-corrected chi connectivity index (χ3v) is 4.86. The largest absolute Gasteiger partial charge is 0.317 e. The molecule has 0 amide bonds. The van der Waals surface area contributed by atoms with Crippen LogP contribution in [-0.2, 0) is 7.05 Å². The van der Waals surface area contributed by atoms with Crippen molar-refractivity contribution in [1.82, 2.24) is 20.0 Å². The molecule has 1 aliphatic rings. The molecule has 0 bridgehead atoms. The molecule has 20 heavy (non-hydrogen) atoms. The van der Waals surface area contributed by atoms with Gasteiger partial charge in [0.25, 0.3) is 0 Å². The van der Waals surface area contributed by atoms with E-state index in [1.165, 1.54) is 49.4 Å². The van der Waals surface area contributed by atoms with Crippen LogP contribution in [0, 0.1) is 19.8 Å². The van der Waals surface area contributed by atoms with Gasteiger partial charge in [0, 0.05) is 24.3 Å². The van der Waals surface area contributed by atoms with E-state index in [-0.39, 0.29) is 0 Å². The standard InChI is InChI=1S/C16H30N4/c1-6-17-11-15-7-9-20(10-8-15)14(4)16-12(2)18-19(5)13(16)3/h14-15,17H,6-11H2,1-5H3. The molecular weight excluding hydrogens is 248 g/mol. The van der Waals surface area contributed by atoms with E-state index < -0.39 is 0 Å². The normalized spacial score (nSPS) is 19.4. The zero-order valence-electron chi connectivity index (χ0n) is 13.7. The van der Waals surface area contributed by atoms with Crippen LogP contribution in [0.1, 0.15) is 49.7 Å². The van der Waals surface area contributed by atoms with Crippen molar-refractivity contribution in [1.29, 1.82) is 0 Å². The van der Waals surface area contributed by atoms with E-state index in [9.17, 15) is 0 Å². The Morgan fingerprint density at radius 3 is 2.45 bits per heavy atom. The summed E-state index contributed by atoms with van der Waals surface area (Å²) >= 11 is 0. The summed E-state index contributed by atoms with van der Waals surface area (Å²) in [6.45, 7) is 13.5. The number of nitrogens with one attached hydrogen (secondary N) is 1. The van der Waals surface area contributed by atoms with Gasteiger partial charge in [0.1, 0.15) is 0 Å². The van der Waals surface area contributed by atoms with Gasteiger partial charge in [0.15, 0.2) is 0 Å². The van der Waals surface area contributed by atoms with Crippen molar-refractivity contribution in [3.63, 3.8) is 0 Å². The number of aryl methyl sites for hydroxylation is 2. The van der Waals surface area contributed by atoms with Crippen LogP contribution in [0.5, 0.6) is 0 Å². The van der Waals surface area contributed by atoms with Gasteiger partial charge in [-0.3, -0.25) is 9.58 Å². The molecule has 1 atom stereocenters. The molecule has 4 nitrogen and oxygen atoms in total. The molecule has 1 aliphatic heterocycles. The average molecular weight is 278 g/mol. The van der Waals surface area contributed by atoms with Gasteiger partial charge in [0.2, 0.25) is 0 Å². The van der Waals surface area contributed by atoms with E-state index in [1.54, 1.807) is 0 Å². The second-order valence-corrected chi connectivity index (χ2v) is 6.17. The van der Waals surface area contributed by atoms with Crippen LogP contribution >= 0.6 is 0 Å². The molecule has 1 fully saturated rings. The summed E-state index contributed by atoms with van der Waals surface area (Å²) in [6, 6.07) is 0.490. The molecule has 2 heterocycles. The molecule has 1 saturated heterocycles. The minimum atomic E-state index is 0.490. The third kappa shape index (κ3) is 3.23. The Kier molecular flexibility index (Phi) is 5.22. The first kappa shape index (κ1) is 15.5. The fraction of sp³-hybridized carbons (Fsp3) is 0.812. The van der Waals surface area contributed by atoms with Crippen LogP contribution in [0.3, 0.4) is 0 Å². The van der Waals surface area contributed by atoms with Crippen molar-refractivity contribution in [3.05, 3.63) is 17.0 Å². The minimum absolute atomic E-state index is 0.490. The second-order valence-electron chi connectivity index (χ2n) is 6.17. The lowest BCUT2D eigenvalue weighted by Gasteiger charge is -2.36. The summed E-state index contributed by atoms with van der Waals surface area (Å²) in [5.74, 6) is 0.856. The maximum absolute atomic E-state index is 4.56. The van der Waals surface area contributed by atoms with Crippen molar-refractivity contribution >= 4 is 0 Å². The molecule has 0 radical (unpaired) electrons. The summed E-state index contributed by atoms with van der Waals surface area (Å²) in [5, 5.41) is 8.05. The van der Waals surface area contributed by atoms with E-state index in [0.717, 1.165) is 12.5 Å². The highest BCUT2D eigenvalue weighted by Gasteiger charge is 2.26. The van der Waals surface area contributed by atoms with Crippen LogP contribution in [0.2, 0.25) is 0 Å². The Balaban J connectivity index is 1.96. The van der Waals surface area contributed by atoms with Gasteiger partial charge in [-0.2, -0.15) is 5.10 Å². The first-order valence-corrected chi connectivity index (χ1v) is 7.99. The minimum Gasteiger partial charge on any atom is -0.317 e. The van der Waals surface area contributed by atoms with Gasteiger partial charge >= 0.3 is 0 Å². The van der Waals surface area contributed by atoms with Gasteiger partial charge in [-0.05, 0) is 65.7 Å². The Morgan fingerprint density at radius 2 is 1.95 bits per heavy atom. The lowest BCUT2D eigenvalue weighted by Crippen LogP contribution is -2.38. The molecule has 0 aliphatic carbocycles. The highest BCUT2D eigenvalue weighted by molar-refractivity contribution is 5.27. The third-order valence-electron chi connectivity index (χ3n) is 4.86. The maximum Gasteiger partial charge on any atom is 0.0644 e. The number of aromatic nitrogens is 2. The van der Waals surface area contributed by atoms with E-state index in [1.807, 2.05) is 11.7 Å². The molecule has 0 saturated carbocycles. The van der Waals surface area contributed by atoms with Crippen LogP contribution in [0.4, 0.5) is 0 Å². The number of likely N-dealkylation sites (tertiary alicyclic amines) is 1. The van der Waals surface area contributed by atoms with Crippen LogP contribution < -0.4 is 5.32 Å². The number of nitrogens with zero attached hydrogens (tertiary/aromatic N) is 3. The number of hydrogen-bond acceptors (Lipinski definition) is 3. The smallest absolute Gasteiger partial charge is 0.0644 e. The Labute approximate surface area is 123 Å². The molecule has 0 spiro atoms. The van der Waals surface area contributed by atoms with E-state index >= 15 is 0 Å². The fourth-order valence-corrected chi connectivity index (χ4v) is 3.47. The summed E-state index contributed by atoms with van der Waals surface area (Å²) < 4.78 is 2.01.